The summed E-state index contributed by atoms with van der Waals surface area (Å²) in [7, 11) is 0. The third-order valence-corrected chi connectivity index (χ3v) is 3.23. The van der Waals surface area contributed by atoms with Gasteiger partial charge in [0.25, 0.3) is 0 Å². The molecule has 1 unspecified atom stereocenters. The molecule has 0 heterocycles. The van der Waals surface area contributed by atoms with Gasteiger partial charge in [0.1, 0.15) is 0 Å². The highest BCUT2D eigenvalue weighted by Gasteiger charge is 2.11. The molecule has 90 valence electrons. The highest BCUT2D eigenvalue weighted by Crippen LogP contribution is 2.23. The summed E-state index contributed by atoms with van der Waals surface area (Å²) >= 11 is 0. The van der Waals surface area contributed by atoms with E-state index in [0.29, 0.717) is 6.04 Å². The predicted octanol–water partition coefficient (Wildman–Crippen LogP) is 3.87. The molecule has 0 bridgehead atoms. The largest absolute Gasteiger partial charge is 0.310 e. The number of nitrogens with one attached hydrogen (secondary N) is 1. The van der Waals surface area contributed by atoms with E-state index in [9.17, 15) is 0 Å². The number of hydrogen-bond donors (Lipinski definition) is 1. The quantitative estimate of drug-likeness (QED) is 0.766. The SMILES string of the molecule is CCNC(CC)c1cc(CC)ccc1CC. The van der Waals surface area contributed by atoms with Gasteiger partial charge in [0.15, 0.2) is 0 Å². The topological polar surface area (TPSA) is 12.0 Å². The fourth-order valence-electron chi connectivity index (χ4n) is 2.23. The predicted molar refractivity (Wildman–Crippen MR) is 71.9 cm³/mol. The molecule has 1 nitrogen and oxygen atoms in total. The number of benzene rings is 1. The average Bonchev–Trinajstić information content (AvgIpc) is 2.35. The van der Waals surface area contributed by atoms with Gasteiger partial charge < -0.3 is 5.32 Å². The summed E-state index contributed by atoms with van der Waals surface area (Å²) in [6, 6.07) is 7.47. The summed E-state index contributed by atoms with van der Waals surface area (Å²) in [5.74, 6) is 0. The lowest BCUT2D eigenvalue weighted by molar-refractivity contribution is 0.533. The van der Waals surface area contributed by atoms with E-state index in [-0.39, 0.29) is 0 Å². The fourth-order valence-corrected chi connectivity index (χ4v) is 2.23. The van der Waals surface area contributed by atoms with Gasteiger partial charge in [-0.25, -0.2) is 0 Å². The molecule has 1 heteroatoms. The molecule has 1 aromatic rings. The first-order chi connectivity index (χ1) is 7.76. The van der Waals surface area contributed by atoms with Crippen LogP contribution in [0.3, 0.4) is 0 Å². The molecule has 0 fully saturated rings. The first-order valence-electron chi connectivity index (χ1n) is 6.61. The van der Waals surface area contributed by atoms with Crippen LogP contribution in [0.5, 0.6) is 0 Å². The highest BCUT2D eigenvalue weighted by molar-refractivity contribution is 5.34. The first kappa shape index (κ1) is 13.2. The summed E-state index contributed by atoms with van der Waals surface area (Å²) in [5, 5.41) is 3.57. The Bertz CT molecular complexity index is 317. The van der Waals surface area contributed by atoms with Crippen molar-refractivity contribution >= 4 is 0 Å². The molecule has 0 amide bonds. The third-order valence-electron chi connectivity index (χ3n) is 3.23. The zero-order valence-corrected chi connectivity index (χ0v) is 11.1. The van der Waals surface area contributed by atoms with Crippen molar-refractivity contribution in [2.24, 2.45) is 0 Å². The first-order valence-corrected chi connectivity index (χ1v) is 6.61. The van der Waals surface area contributed by atoms with Gasteiger partial charge in [-0.05, 0) is 42.5 Å². The second-order valence-electron chi connectivity index (χ2n) is 4.26. The standard InChI is InChI=1S/C15H25N/c1-5-12-9-10-13(6-2)14(11-12)15(7-3)16-8-4/h9-11,15-16H,5-8H2,1-4H3. The monoisotopic (exact) mass is 219 g/mol. The van der Waals surface area contributed by atoms with Crippen LogP contribution in [-0.2, 0) is 12.8 Å². The lowest BCUT2D eigenvalue weighted by Crippen LogP contribution is -2.21. The van der Waals surface area contributed by atoms with Gasteiger partial charge in [-0.3, -0.25) is 0 Å². The molecule has 1 rings (SSSR count). The zero-order chi connectivity index (χ0) is 12.0. The molecule has 0 aromatic heterocycles. The van der Waals surface area contributed by atoms with Crippen LogP contribution in [0.1, 0.15) is 56.8 Å². The van der Waals surface area contributed by atoms with Gasteiger partial charge in [0.05, 0.1) is 0 Å². The Balaban J connectivity index is 3.05. The molecule has 1 atom stereocenters. The fraction of sp³-hybridized carbons (Fsp3) is 0.600. The maximum absolute atomic E-state index is 3.57. The number of aryl methyl sites for hydroxylation is 2. The number of hydrogen-bond acceptors (Lipinski definition) is 1. The van der Waals surface area contributed by atoms with Crippen molar-refractivity contribution in [1.29, 1.82) is 0 Å². The van der Waals surface area contributed by atoms with Crippen LogP contribution >= 0.6 is 0 Å². The van der Waals surface area contributed by atoms with E-state index < -0.39 is 0 Å². The van der Waals surface area contributed by atoms with Crippen LogP contribution in [0.25, 0.3) is 0 Å². The molecule has 0 radical (unpaired) electrons. The molecule has 16 heavy (non-hydrogen) atoms. The molecular weight excluding hydrogens is 194 g/mol. The van der Waals surface area contributed by atoms with E-state index in [2.05, 4.69) is 51.2 Å². The summed E-state index contributed by atoms with van der Waals surface area (Å²) in [5.41, 5.74) is 4.44. The van der Waals surface area contributed by atoms with Gasteiger partial charge in [-0.2, -0.15) is 0 Å². The summed E-state index contributed by atoms with van der Waals surface area (Å²) in [4.78, 5) is 0. The normalized spacial score (nSPS) is 12.8. The van der Waals surface area contributed by atoms with Crippen LogP contribution in [-0.4, -0.2) is 6.54 Å². The zero-order valence-electron chi connectivity index (χ0n) is 11.1. The van der Waals surface area contributed by atoms with Crippen LogP contribution in [0.4, 0.5) is 0 Å². The van der Waals surface area contributed by atoms with Crippen molar-refractivity contribution in [2.45, 2.75) is 53.0 Å². The Morgan fingerprint density at radius 3 is 2.31 bits per heavy atom. The van der Waals surface area contributed by atoms with Crippen LogP contribution in [0.2, 0.25) is 0 Å². The van der Waals surface area contributed by atoms with E-state index >= 15 is 0 Å². The molecule has 0 aliphatic rings. The average molecular weight is 219 g/mol. The second kappa shape index (κ2) is 6.70. The molecule has 1 N–H and O–H groups in total. The van der Waals surface area contributed by atoms with E-state index in [1.807, 2.05) is 0 Å². The van der Waals surface area contributed by atoms with E-state index in [4.69, 9.17) is 0 Å². The lowest BCUT2D eigenvalue weighted by Gasteiger charge is -2.20. The molecule has 0 spiro atoms. The summed E-state index contributed by atoms with van der Waals surface area (Å²) < 4.78 is 0. The van der Waals surface area contributed by atoms with Crippen molar-refractivity contribution in [2.75, 3.05) is 6.54 Å². The van der Waals surface area contributed by atoms with E-state index in [0.717, 1.165) is 25.8 Å². The van der Waals surface area contributed by atoms with E-state index in [1.165, 1.54) is 16.7 Å². The Hall–Kier alpha value is -0.820. The van der Waals surface area contributed by atoms with Crippen LogP contribution < -0.4 is 5.32 Å². The Kier molecular flexibility index (Phi) is 5.54. The summed E-state index contributed by atoms with van der Waals surface area (Å²) in [6.07, 6.45) is 3.41. The van der Waals surface area contributed by atoms with Gasteiger partial charge >= 0.3 is 0 Å². The van der Waals surface area contributed by atoms with Crippen molar-refractivity contribution in [3.63, 3.8) is 0 Å². The van der Waals surface area contributed by atoms with E-state index in [1.54, 1.807) is 0 Å². The minimum absolute atomic E-state index is 0.520. The minimum Gasteiger partial charge on any atom is -0.310 e. The molecular formula is C15H25N. The molecule has 1 aromatic carbocycles. The van der Waals surface area contributed by atoms with Crippen molar-refractivity contribution in [1.82, 2.24) is 5.32 Å². The molecule has 0 saturated heterocycles. The Morgan fingerprint density at radius 2 is 1.81 bits per heavy atom. The Labute approximate surface area is 100 Å². The third kappa shape index (κ3) is 3.08. The lowest BCUT2D eigenvalue weighted by atomic mass is 9.94. The second-order valence-corrected chi connectivity index (χ2v) is 4.26. The molecule has 0 saturated carbocycles. The highest BCUT2D eigenvalue weighted by atomic mass is 14.9. The number of rotatable bonds is 6. The van der Waals surface area contributed by atoms with Gasteiger partial charge in [0.2, 0.25) is 0 Å². The maximum Gasteiger partial charge on any atom is 0.0320 e. The summed E-state index contributed by atoms with van der Waals surface area (Å²) in [6.45, 7) is 9.93. The van der Waals surface area contributed by atoms with Crippen molar-refractivity contribution < 1.29 is 0 Å². The van der Waals surface area contributed by atoms with Crippen molar-refractivity contribution in [3.8, 4) is 0 Å². The minimum atomic E-state index is 0.520. The van der Waals surface area contributed by atoms with Gasteiger partial charge in [0, 0.05) is 6.04 Å². The van der Waals surface area contributed by atoms with Gasteiger partial charge in [-0.1, -0.05) is 45.9 Å². The maximum atomic E-state index is 3.57. The van der Waals surface area contributed by atoms with Crippen LogP contribution in [0, 0.1) is 0 Å². The van der Waals surface area contributed by atoms with Gasteiger partial charge in [-0.15, -0.1) is 0 Å². The molecule has 0 aliphatic carbocycles. The molecule has 0 aliphatic heterocycles. The van der Waals surface area contributed by atoms with Crippen molar-refractivity contribution in [3.05, 3.63) is 34.9 Å². The smallest absolute Gasteiger partial charge is 0.0320 e. The Morgan fingerprint density at radius 1 is 1.06 bits per heavy atom. The van der Waals surface area contributed by atoms with Crippen LogP contribution in [0.15, 0.2) is 18.2 Å².